The van der Waals surface area contributed by atoms with E-state index in [9.17, 15) is 4.79 Å². The minimum atomic E-state index is 0.0465. The highest BCUT2D eigenvalue weighted by Gasteiger charge is 2.44. The normalized spacial score (nSPS) is 31.4. The molecular formula is C16H30N2O. The van der Waals surface area contributed by atoms with Crippen molar-refractivity contribution in [3.8, 4) is 0 Å². The molecule has 1 heterocycles. The van der Waals surface area contributed by atoms with E-state index in [1.165, 1.54) is 19.3 Å². The zero-order chi connectivity index (χ0) is 14.0. The van der Waals surface area contributed by atoms with Crippen LogP contribution in [0, 0.1) is 11.3 Å². The highest BCUT2D eigenvalue weighted by Crippen LogP contribution is 2.42. The molecule has 0 aromatic rings. The number of rotatable bonds is 6. The van der Waals surface area contributed by atoms with Crippen LogP contribution in [0.15, 0.2) is 0 Å². The van der Waals surface area contributed by atoms with E-state index in [-0.39, 0.29) is 12.2 Å². The second kappa shape index (κ2) is 5.82. The average Bonchev–Trinajstić information content (AvgIpc) is 2.65. The Kier molecular flexibility index (Phi) is 4.54. The van der Waals surface area contributed by atoms with Gasteiger partial charge in [-0.25, -0.2) is 0 Å². The van der Waals surface area contributed by atoms with Gasteiger partial charge in [0.15, 0.2) is 0 Å². The summed E-state index contributed by atoms with van der Waals surface area (Å²) in [4.78, 5) is 14.8. The van der Waals surface area contributed by atoms with Gasteiger partial charge >= 0.3 is 0 Å². The maximum Gasteiger partial charge on any atom is 0.241 e. The topological polar surface area (TPSA) is 32.3 Å². The molecule has 1 aliphatic heterocycles. The van der Waals surface area contributed by atoms with Crippen molar-refractivity contribution in [1.82, 2.24) is 10.2 Å². The van der Waals surface area contributed by atoms with Crippen LogP contribution < -0.4 is 5.32 Å². The maximum atomic E-state index is 12.7. The Morgan fingerprint density at radius 3 is 2.58 bits per heavy atom. The van der Waals surface area contributed by atoms with Gasteiger partial charge in [-0.05, 0) is 30.6 Å². The molecule has 1 saturated heterocycles. The quantitative estimate of drug-likeness (QED) is 0.801. The zero-order valence-corrected chi connectivity index (χ0v) is 13.0. The van der Waals surface area contributed by atoms with E-state index in [1.807, 2.05) is 0 Å². The number of hydrogen-bond donors (Lipinski definition) is 1. The summed E-state index contributed by atoms with van der Waals surface area (Å²) in [7, 11) is 0. The van der Waals surface area contributed by atoms with E-state index in [4.69, 9.17) is 0 Å². The van der Waals surface area contributed by atoms with Crippen LogP contribution in [-0.2, 0) is 4.79 Å². The first kappa shape index (κ1) is 14.8. The standard InChI is InChI=1S/C16H30N2O/c1-5-8-13-17-14(12(3)6-2)15(19)18(13)11-16(4)9-7-10-16/h12-14,17H,5-11H2,1-4H3. The number of nitrogens with one attached hydrogen (secondary N) is 1. The molecule has 1 N–H and O–H groups in total. The minimum absolute atomic E-state index is 0.0465. The molecule has 0 aromatic carbocycles. The largest absolute Gasteiger partial charge is 0.325 e. The summed E-state index contributed by atoms with van der Waals surface area (Å²) in [5.41, 5.74) is 0.383. The van der Waals surface area contributed by atoms with Crippen LogP contribution in [0.1, 0.15) is 66.2 Å². The predicted molar refractivity (Wildman–Crippen MR) is 78.7 cm³/mol. The lowest BCUT2D eigenvalue weighted by Gasteiger charge is -2.42. The number of nitrogens with zero attached hydrogens (tertiary/aromatic N) is 1. The molecule has 0 aromatic heterocycles. The lowest BCUT2D eigenvalue weighted by molar-refractivity contribution is -0.133. The molecule has 1 saturated carbocycles. The Hall–Kier alpha value is -0.570. The van der Waals surface area contributed by atoms with Crippen LogP contribution >= 0.6 is 0 Å². The molecule has 3 nitrogen and oxygen atoms in total. The number of carbonyl (C=O) groups is 1. The van der Waals surface area contributed by atoms with Crippen molar-refractivity contribution in [2.75, 3.05) is 6.54 Å². The van der Waals surface area contributed by atoms with Crippen LogP contribution in [0.25, 0.3) is 0 Å². The molecule has 110 valence electrons. The first-order valence-electron chi connectivity index (χ1n) is 8.07. The SMILES string of the molecule is CCCC1NC(C(C)CC)C(=O)N1CC1(C)CCC1. The molecule has 3 heteroatoms. The average molecular weight is 266 g/mol. The Morgan fingerprint density at radius 2 is 2.11 bits per heavy atom. The predicted octanol–water partition coefficient (Wildman–Crippen LogP) is 3.15. The van der Waals surface area contributed by atoms with Crippen molar-refractivity contribution in [3.63, 3.8) is 0 Å². The van der Waals surface area contributed by atoms with Crippen LogP contribution in [0.2, 0.25) is 0 Å². The highest BCUT2D eigenvalue weighted by atomic mass is 16.2. The van der Waals surface area contributed by atoms with Gasteiger partial charge in [0.2, 0.25) is 5.91 Å². The van der Waals surface area contributed by atoms with Gasteiger partial charge in [0.1, 0.15) is 0 Å². The van der Waals surface area contributed by atoms with Gasteiger partial charge in [-0.3, -0.25) is 10.1 Å². The van der Waals surface area contributed by atoms with E-state index in [0.717, 1.165) is 25.8 Å². The second-order valence-electron chi connectivity index (χ2n) is 6.96. The summed E-state index contributed by atoms with van der Waals surface area (Å²) in [6.45, 7) is 9.85. The van der Waals surface area contributed by atoms with Crippen molar-refractivity contribution in [2.24, 2.45) is 11.3 Å². The van der Waals surface area contributed by atoms with Gasteiger partial charge in [-0.2, -0.15) is 0 Å². The fourth-order valence-corrected chi connectivity index (χ4v) is 3.39. The molecule has 2 rings (SSSR count). The first-order chi connectivity index (χ1) is 9.00. The number of carbonyl (C=O) groups excluding carboxylic acids is 1. The molecule has 3 atom stereocenters. The van der Waals surface area contributed by atoms with Gasteiger partial charge in [0.05, 0.1) is 12.2 Å². The molecule has 2 fully saturated rings. The van der Waals surface area contributed by atoms with Gasteiger partial charge in [0.25, 0.3) is 0 Å². The van der Waals surface area contributed by atoms with E-state index >= 15 is 0 Å². The smallest absolute Gasteiger partial charge is 0.241 e. The third-order valence-electron chi connectivity index (χ3n) is 5.19. The number of hydrogen-bond acceptors (Lipinski definition) is 2. The van der Waals surface area contributed by atoms with E-state index in [0.29, 0.717) is 17.2 Å². The minimum Gasteiger partial charge on any atom is -0.325 e. The summed E-state index contributed by atoms with van der Waals surface area (Å²) < 4.78 is 0. The van der Waals surface area contributed by atoms with Crippen molar-refractivity contribution in [3.05, 3.63) is 0 Å². The Bertz CT molecular complexity index is 325. The van der Waals surface area contributed by atoms with E-state index in [1.54, 1.807) is 0 Å². The van der Waals surface area contributed by atoms with Gasteiger partial charge < -0.3 is 4.90 Å². The monoisotopic (exact) mass is 266 g/mol. The molecule has 19 heavy (non-hydrogen) atoms. The van der Waals surface area contributed by atoms with Crippen LogP contribution in [0.5, 0.6) is 0 Å². The molecule has 0 spiro atoms. The molecular weight excluding hydrogens is 236 g/mol. The first-order valence-corrected chi connectivity index (χ1v) is 8.07. The highest BCUT2D eigenvalue weighted by molar-refractivity contribution is 5.84. The fourth-order valence-electron chi connectivity index (χ4n) is 3.39. The molecule has 1 amide bonds. The maximum absolute atomic E-state index is 12.7. The Morgan fingerprint density at radius 1 is 1.42 bits per heavy atom. The third kappa shape index (κ3) is 2.96. The van der Waals surface area contributed by atoms with Crippen molar-refractivity contribution < 1.29 is 4.79 Å². The van der Waals surface area contributed by atoms with E-state index < -0.39 is 0 Å². The van der Waals surface area contributed by atoms with Crippen molar-refractivity contribution in [2.45, 2.75) is 78.4 Å². The summed E-state index contributed by atoms with van der Waals surface area (Å²) in [6, 6.07) is 0.0465. The Balaban J connectivity index is 2.06. The molecule has 0 radical (unpaired) electrons. The fraction of sp³-hybridized carbons (Fsp3) is 0.938. The molecule has 2 aliphatic rings. The summed E-state index contributed by atoms with van der Waals surface area (Å²) in [5.74, 6) is 0.784. The van der Waals surface area contributed by atoms with Crippen molar-refractivity contribution in [1.29, 1.82) is 0 Å². The van der Waals surface area contributed by atoms with E-state index in [2.05, 4.69) is 37.9 Å². The molecule has 1 aliphatic carbocycles. The number of amides is 1. The van der Waals surface area contributed by atoms with Gasteiger partial charge in [-0.15, -0.1) is 0 Å². The summed E-state index contributed by atoms with van der Waals surface area (Å²) in [6.07, 6.45) is 7.44. The second-order valence-corrected chi connectivity index (χ2v) is 6.96. The summed E-state index contributed by atoms with van der Waals surface area (Å²) >= 11 is 0. The van der Waals surface area contributed by atoms with Crippen molar-refractivity contribution >= 4 is 5.91 Å². The Labute approximate surface area is 118 Å². The van der Waals surface area contributed by atoms with Gasteiger partial charge in [0, 0.05) is 6.54 Å². The summed E-state index contributed by atoms with van der Waals surface area (Å²) in [5, 5.41) is 3.59. The zero-order valence-electron chi connectivity index (χ0n) is 13.0. The van der Waals surface area contributed by atoms with Gasteiger partial charge in [-0.1, -0.05) is 47.0 Å². The molecule has 3 unspecified atom stereocenters. The molecule has 0 bridgehead atoms. The van der Waals surface area contributed by atoms with Crippen LogP contribution in [0.3, 0.4) is 0 Å². The third-order valence-corrected chi connectivity index (χ3v) is 5.19. The lowest BCUT2D eigenvalue weighted by atomic mass is 9.70. The van der Waals surface area contributed by atoms with Crippen LogP contribution in [-0.4, -0.2) is 29.6 Å². The van der Waals surface area contributed by atoms with Crippen LogP contribution in [0.4, 0.5) is 0 Å². The lowest BCUT2D eigenvalue weighted by Crippen LogP contribution is -2.46.